The van der Waals surface area contributed by atoms with Gasteiger partial charge >= 0.3 is 6.03 Å². The highest BCUT2D eigenvalue weighted by molar-refractivity contribution is 5.74. The van der Waals surface area contributed by atoms with Crippen molar-refractivity contribution in [2.75, 3.05) is 46.3 Å². The van der Waals surface area contributed by atoms with Crippen molar-refractivity contribution in [1.82, 2.24) is 15.1 Å². The summed E-state index contributed by atoms with van der Waals surface area (Å²) in [5.41, 5.74) is 5.40. The van der Waals surface area contributed by atoms with Gasteiger partial charge in [-0.25, -0.2) is 4.79 Å². The summed E-state index contributed by atoms with van der Waals surface area (Å²) >= 11 is 0. The Labute approximate surface area is 98.0 Å². The van der Waals surface area contributed by atoms with Crippen molar-refractivity contribution in [2.24, 2.45) is 5.73 Å². The van der Waals surface area contributed by atoms with Gasteiger partial charge in [-0.2, -0.15) is 0 Å². The number of amides is 2. The molecule has 1 fully saturated rings. The Bertz CT molecular complexity index is 202. The number of nitrogens with one attached hydrogen (secondary N) is 1. The van der Waals surface area contributed by atoms with E-state index in [-0.39, 0.29) is 6.03 Å². The van der Waals surface area contributed by atoms with E-state index in [4.69, 9.17) is 5.73 Å². The second-order valence-electron chi connectivity index (χ2n) is 4.37. The molecule has 0 aromatic carbocycles. The molecule has 1 heterocycles. The molecule has 1 rings (SSSR count). The minimum absolute atomic E-state index is 0.0841. The maximum atomic E-state index is 11.7. The van der Waals surface area contributed by atoms with E-state index in [1.165, 1.54) is 0 Å². The zero-order valence-electron chi connectivity index (χ0n) is 10.2. The van der Waals surface area contributed by atoms with Gasteiger partial charge in [-0.3, -0.25) is 0 Å². The van der Waals surface area contributed by atoms with Crippen LogP contribution in [0.3, 0.4) is 0 Å². The van der Waals surface area contributed by atoms with Crippen molar-refractivity contribution in [2.45, 2.75) is 19.3 Å². The molecule has 2 amide bonds. The topological polar surface area (TPSA) is 61.6 Å². The van der Waals surface area contributed by atoms with Crippen LogP contribution >= 0.6 is 0 Å². The highest BCUT2D eigenvalue weighted by Crippen LogP contribution is 1.99. The van der Waals surface area contributed by atoms with E-state index in [1.807, 2.05) is 4.90 Å². The molecule has 16 heavy (non-hydrogen) atoms. The summed E-state index contributed by atoms with van der Waals surface area (Å²) in [6, 6.07) is 0.0841. The first-order valence-electron chi connectivity index (χ1n) is 6.15. The summed E-state index contributed by atoms with van der Waals surface area (Å²) in [5.74, 6) is 0. The van der Waals surface area contributed by atoms with E-state index in [2.05, 4.69) is 17.3 Å². The predicted octanol–water partition coefficient (Wildman–Crippen LogP) is 0.0724. The Kier molecular flexibility index (Phi) is 6.18. The third-order valence-corrected chi connectivity index (χ3v) is 2.95. The van der Waals surface area contributed by atoms with Crippen LogP contribution < -0.4 is 11.1 Å². The molecule has 1 saturated heterocycles. The van der Waals surface area contributed by atoms with Gasteiger partial charge in [0.1, 0.15) is 0 Å². The average molecular weight is 228 g/mol. The van der Waals surface area contributed by atoms with Gasteiger partial charge in [0.25, 0.3) is 0 Å². The van der Waals surface area contributed by atoms with Crippen LogP contribution in [0.1, 0.15) is 19.3 Å². The molecule has 1 aliphatic rings. The molecule has 0 atom stereocenters. The van der Waals surface area contributed by atoms with Crippen LogP contribution in [-0.4, -0.2) is 62.1 Å². The highest BCUT2D eigenvalue weighted by atomic mass is 16.2. The van der Waals surface area contributed by atoms with E-state index in [0.717, 1.165) is 58.5 Å². The molecule has 0 unspecified atom stereocenters. The predicted molar refractivity (Wildman–Crippen MR) is 65.4 cm³/mol. The number of hydrogen-bond donors (Lipinski definition) is 2. The van der Waals surface area contributed by atoms with Gasteiger partial charge in [-0.1, -0.05) is 6.42 Å². The lowest BCUT2D eigenvalue weighted by molar-refractivity contribution is 0.154. The van der Waals surface area contributed by atoms with Crippen LogP contribution in [0.15, 0.2) is 0 Å². The van der Waals surface area contributed by atoms with E-state index in [1.54, 1.807) is 0 Å². The summed E-state index contributed by atoms with van der Waals surface area (Å²) in [4.78, 5) is 15.8. The first-order chi connectivity index (χ1) is 7.74. The largest absolute Gasteiger partial charge is 0.338 e. The van der Waals surface area contributed by atoms with Crippen molar-refractivity contribution in [3.8, 4) is 0 Å². The van der Waals surface area contributed by atoms with Gasteiger partial charge in [0.05, 0.1) is 0 Å². The maximum absolute atomic E-state index is 11.7. The molecule has 94 valence electrons. The van der Waals surface area contributed by atoms with Gasteiger partial charge in [0.15, 0.2) is 0 Å². The van der Waals surface area contributed by atoms with Gasteiger partial charge in [0, 0.05) is 32.7 Å². The number of rotatable bonds is 5. The fraction of sp³-hybridized carbons (Fsp3) is 0.909. The Hall–Kier alpha value is -0.810. The van der Waals surface area contributed by atoms with Gasteiger partial charge in [-0.05, 0) is 26.4 Å². The van der Waals surface area contributed by atoms with Crippen molar-refractivity contribution in [1.29, 1.82) is 0 Å². The van der Waals surface area contributed by atoms with E-state index in [0.29, 0.717) is 0 Å². The van der Waals surface area contributed by atoms with E-state index >= 15 is 0 Å². The highest BCUT2D eigenvalue weighted by Gasteiger charge is 2.17. The van der Waals surface area contributed by atoms with Crippen LogP contribution in [0.4, 0.5) is 4.79 Å². The lowest BCUT2D eigenvalue weighted by Crippen LogP contribution is -2.50. The lowest BCUT2D eigenvalue weighted by Gasteiger charge is -2.32. The quantitative estimate of drug-likeness (QED) is 0.655. The first kappa shape index (κ1) is 13.3. The number of unbranched alkanes of at least 4 members (excludes halogenated alkanes) is 2. The Morgan fingerprint density at radius 2 is 1.88 bits per heavy atom. The molecule has 0 saturated carbocycles. The van der Waals surface area contributed by atoms with Crippen LogP contribution in [0.2, 0.25) is 0 Å². The third-order valence-electron chi connectivity index (χ3n) is 2.95. The van der Waals surface area contributed by atoms with Crippen molar-refractivity contribution in [3.63, 3.8) is 0 Å². The summed E-state index contributed by atoms with van der Waals surface area (Å²) in [6.07, 6.45) is 3.17. The number of piperazine rings is 1. The minimum Gasteiger partial charge on any atom is -0.338 e. The summed E-state index contributed by atoms with van der Waals surface area (Å²) in [6.45, 7) is 5.13. The monoisotopic (exact) mass is 228 g/mol. The van der Waals surface area contributed by atoms with Crippen molar-refractivity contribution < 1.29 is 4.79 Å². The molecule has 5 heteroatoms. The molecule has 0 bridgehead atoms. The second-order valence-corrected chi connectivity index (χ2v) is 4.37. The molecular weight excluding hydrogens is 204 g/mol. The Balaban J connectivity index is 2.06. The normalized spacial score (nSPS) is 17.5. The van der Waals surface area contributed by atoms with Gasteiger partial charge in [0.2, 0.25) is 0 Å². The molecule has 3 N–H and O–H groups in total. The summed E-state index contributed by atoms with van der Waals surface area (Å²) < 4.78 is 0. The Morgan fingerprint density at radius 1 is 1.19 bits per heavy atom. The number of carbonyl (C=O) groups is 1. The zero-order chi connectivity index (χ0) is 11.8. The number of carbonyl (C=O) groups excluding carboxylic acids is 1. The number of nitrogens with two attached hydrogens (primary N) is 1. The number of nitrogens with zero attached hydrogens (tertiary/aromatic N) is 2. The molecule has 0 spiro atoms. The smallest absolute Gasteiger partial charge is 0.317 e. The molecular formula is C11H24N4O. The van der Waals surface area contributed by atoms with E-state index < -0.39 is 0 Å². The van der Waals surface area contributed by atoms with Gasteiger partial charge < -0.3 is 20.9 Å². The fourth-order valence-electron chi connectivity index (χ4n) is 1.76. The van der Waals surface area contributed by atoms with Crippen LogP contribution in [0.25, 0.3) is 0 Å². The molecule has 5 nitrogen and oxygen atoms in total. The first-order valence-corrected chi connectivity index (χ1v) is 6.15. The summed E-state index contributed by atoms with van der Waals surface area (Å²) in [7, 11) is 2.09. The number of likely N-dealkylation sites (N-methyl/N-ethyl adjacent to an activating group) is 1. The molecule has 1 aliphatic heterocycles. The lowest BCUT2D eigenvalue weighted by atomic mass is 10.2. The van der Waals surface area contributed by atoms with Crippen molar-refractivity contribution >= 4 is 6.03 Å². The van der Waals surface area contributed by atoms with Crippen LogP contribution in [0.5, 0.6) is 0 Å². The molecule has 0 radical (unpaired) electrons. The maximum Gasteiger partial charge on any atom is 0.317 e. The minimum atomic E-state index is 0.0841. The van der Waals surface area contributed by atoms with Crippen molar-refractivity contribution in [3.05, 3.63) is 0 Å². The number of urea groups is 1. The van der Waals surface area contributed by atoms with Gasteiger partial charge in [-0.15, -0.1) is 0 Å². The molecule has 0 aromatic heterocycles. The summed E-state index contributed by atoms with van der Waals surface area (Å²) in [5, 5.41) is 2.95. The third kappa shape index (κ3) is 4.81. The standard InChI is InChI=1S/C11H24N4O/c1-14-7-9-15(10-8-14)11(16)13-6-4-2-3-5-12/h2-10,12H2,1H3,(H,13,16). The SMILES string of the molecule is CN1CCN(C(=O)NCCCCCN)CC1. The van der Waals surface area contributed by atoms with Crippen LogP contribution in [-0.2, 0) is 0 Å². The van der Waals surface area contributed by atoms with E-state index in [9.17, 15) is 4.79 Å². The van der Waals surface area contributed by atoms with Crippen LogP contribution in [0, 0.1) is 0 Å². The average Bonchev–Trinajstić information content (AvgIpc) is 2.29. The molecule has 0 aromatic rings. The fourth-order valence-corrected chi connectivity index (χ4v) is 1.76. The number of hydrogen-bond acceptors (Lipinski definition) is 3. The zero-order valence-corrected chi connectivity index (χ0v) is 10.2. The molecule has 0 aliphatic carbocycles. The second kappa shape index (κ2) is 7.46. The Morgan fingerprint density at radius 3 is 2.50 bits per heavy atom.